The second kappa shape index (κ2) is 3.26. The molecular formula is C12H11NO. The van der Waals surface area contributed by atoms with Gasteiger partial charge < -0.3 is 0 Å². The zero-order valence-electron chi connectivity index (χ0n) is 8.03. The van der Waals surface area contributed by atoms with Gasteiger partial charge in [-0.15, -0.1) is 0 Å². The fraction of sp³-hybridized carbons (Fsp3) is 0.333. The van der Waals surface area contributed by atoms with Gasteiger partial charge in [0.05, 0.1) is 12.0 Å². The number of rotatable bonds is 2. The molecule has 1 saturated carbocycles. The minimum atomic E-state index is -0.0392. The first-order chi connectivity index (χ1) is 6.72. The summed E-state index contributed by atoms with van der Waals surface area (Å²) >= 11 is 0. The molecule has 0 N–H and O–H groups in total. The zero-order chi connectivity index (χ0) is 10.1. The molecule has 1 aromatic rings. The van der Waals surface area contributed by atoms with Gasteiger partial charge in [0.15, 0.2) is 5.78 Å². The van der Waals surface area contributed by atoms with Crippen molar-refractivity contribution >= 4 is 5.78 Å². The van der Waals surface area contributed by atoms with E-state index in [1.807, 2.05) is 31.2 Å². The second-order valence-corrected chi connectivity index (χ2v) is 3.81. The van der Waals surface area contributed by atoms with Crippen molar-refractivity contribution in [2.45, 2.75) is 13.3 Å². The Kier molecular flexibility index (Phi) is 2.09. The van der Waals surface area contributed by atoms with E-state index in [4.69, 9.17) is 5.26 Å². The minimum Gasteiger partial charge on any atom is -0.294 e. The molecule has 14 heavy (non-hydrogen) atoms. The molecule has 0 aromatic heterocycles. The number of nitrogens with zero attached hydrogens (tertiary/aromatic N) is 1. The quantitative estimate of drug-likeness (QED) is 0.663. The van der Waals surface area contributed by atoms with E-state index in [0.29, 0.717) is 0 Å². The first-order valence-corrected chi connectivity index (χ1v) is 4.73. The van der Waals surface area contributed by atoms with Crippen molar-refractivity contribution in [3.05, 3.63) is 35.4 Å². The molecule has 70 valence electrons. The highest BCUT2D eigenvalue weighted by atomic mass is 16.1. The van der Waals surface area contributed by atoms with Gasteiger partial charge >= 0.3 is 0 Å². The molecular weight excluding hydrogens is 174 g/mol. The molecule has 1 aliphatic carbocycles. The number of ketones is 1. The molecule has 0 radical (unpaired) electrons. The van der Waals surface area contributed by atoms with Gasteiger partial charge in [0, 0.05) is 11.5 Å². The lowest BCUT2D eigenvalue weighted by Gasteiger charge is -1.98. The lowest BCUT2D eigenvalue weighted by molar-refractivity contribution is 0.0964. The van der Waals surface area contributed by atoms with E-state index in [9.17, 15) is 4.79 Å². The molecule has 0 saturated heterocycles. The second-order valence-electron chi connectivity index (χ2n) is 3.81. The average Bonchev–Trinajstić information content (AvgIpc) is 2.97. The summed E-state index contributed by atoms with van der Waals surface area (Å²) in [5.74, 6) is 0.0445. The zero-order valence-corrected chi connectivity index (χ0v) is 8.03. The van der Waals surface area contributed by atoms with Crippen LogP contribution in [0.15, 0.2) is 24.3 Å². The fourth-order valence-corrected chi connectivity index (χ4v) is 1.56. The summed E-state index contributed by atoms with van der Waals surface area (Å²) in [5, 5.41) is 8.61. The molecule has 2 rings (SSSR count). The number of aryl methyl sites for hydroxylation is 1. The van der Waals surface area contributed by atoms with Crippen molar-refractivity contribution in [1.82, 2.24) is 0 Å². The highest BCUT2D eigenvalue weighted by molar-refractivity contribution is 5.99. The van der Waals surface area contributed by atoms with Crippen molar-refractivity contribution in [2.24, 2.45) is 11.8 Å². The third-order valence-electron chi connectivity index (χ3n) is 2.63. The molecule has 0 spiro atoms. The van der Waals surface area contributed by atoms with E-state index < -0.39 is 0 Å². The third-order valence-corrected chi connectivity index (χ3v) is 2.63. The molecule has 2 atom stereocenters. The van der Waals surface area contributed by atoms with E-state index >= 15 is 0 Å². The number of benzene rings is 1. The Bertz CT molecular complexity index is 399. The van der Waals surface area contributed by atoms with Crippen LogP contribution in [0.3, 0.4) is 0 Å². The molecule has 0 amide bonds. The number of carbonyl (C=O) groups excluding carboxylic acids is 1. The Balaban J connectivity index is 2.14. The average molecular weight is 185 g/mol. The molecule has 0 aliphatic heterocycles. The summed E-state index contributed by atoms with van der Waals surface area (Å²) in [6.07, 6.45) is 0.739. The van der Waals surface area contributed by atoms with Crippen LogP contribution in [-0.2, 0) is 0 Å². The van der Waals surface area contributed by atoms with Crippen LogP contribution < -0.4 is 0 Å². The van der Waals surface area contributed by atoms with Crippen molar-refractivity contribution in [3.63, 3.8) is 0 Å². The van der Waals surface area contributed by atoms with Crippen LogP contribution in [-0.4, -0.2) is 5.78 Å². The number of hydrogen-bond acceptors (Lipinski definition) is 2. The van der Waals surface area contributed by atoms with E-state index in [1.54, 1.807) is 0 Å². The number of nitriles is 1. The van der Waals surface area contributed by atoms with Gasteiger partial charge in [-0.1, -0.05) is 29.8 Å². The van der Waals surface area contributed by atoms with Crippen molar-refractivity contribution < 1.29 is 4.79 Å². The summed E-state index contributed by atoms with van der Waals surface area (Å²) in [6.45, 7) is 1.99. The maximum atomic E-state index is 11.7. The molecule has 2 heteroatoms. The van der Waals surface area contributed by atoms with Crippen molar-refractivity contribution in [3.8, 4) is 6.07 Å². The Morgan fingerprint density at radius 1 is 1.43 bits per heavy atom. The lowest BCUT2D eigenvalue weighted by Crippen LogP contribution is -2.02. The molecule has 1 fully saturated rings. The van der Waals surface area contributed by atoms with Crippen LogP contribution in [0.5, 0.6) is 0 Å². The van der Waals surface area contributed by atoms with Crippen LogP contribution in [0, 0.1) is 30.1 Å². The summed E-state index contributed by atoms with van der Waals surface area (Å²) in [6, 6.07) is 9.66. The summed E-state index contributed by atoms with van der Waals surface area (Å²) in [5.41, 5.74) is 1.88. The summed E-state index contributed by atoms with van der Waals surface area (Å²) in [7, 11) is 0. The van der Waals surface area contributed by atoms with E-state index in [1.165, 1.54) is 0 Å². The van der Waals surface area contributed by atoms with Gasteiger partial charge in [0.1, 0.15) is 0 Å². The van der Waals surface area contributed by atoms with Gasteiger partial charge in [-0.25, -0.2) is 0 Å². The fourth-order valence-electron chi connectivity index (χ4n) is 1.56. The van der Waals surface area contributed by atoms with Crippen LogP contribution in [0.2, 0.25) is 0 Å². The lowest BCUT2D eigenvalue weighted by atomic mass is 10.0. The topological polar surface area (TPSA) is 40.9 Å². The third kappa shape index (κ3) is 1.54. The smallest absolute Gasteiger partial charge is 0.167 e. The molecule has 1 aromatic carbocycles. The molecule has 2 nitrogen and oxygen atoms in total. The number of hydrogen-bond donors (Lipinski definition) is 0. The Morgan fingerprint density at radius 3 is 2.57 bits per heavy atom. The van der Waals surface area contributed by atoms with E-state index in [0.717, 1.165) is 17.5 Å². The van der Waals surface area contributed by atoms with Crippen LogP contribution >= 0.6 is 0 Å². The van der Waals surface area contributed by atoms with Gasteiger partial charge in [-0.3, -0.25) is 4.79 Å². The molecule has 1 aliphatic rings. The summed E-state index contributed by atoms with van der Waals surface area (Å²) < 4.78 is 0. The predicted molar refractivity (Wildman–Crippen MR) is 52.7 cm³/mol. The standard InChI is InChI=1S/C12H11NO/c1-8-2-4-9(5-3-8)12(14)11-6-10(11)7-13/h2-5,10-11H,6H2,1H3. The maximum absolute atomic E-state index is 11.7. The Hall–Kier alpha value is -1.62. The first kappa shape index (κ1) is 8.96. The largest absolute Gasteiger partial charge is 0.294 e. The number of Topliss-reactive ketones (excluding diaryl/α,β-unsaturated/α-hetero) is 1. The minimum absolute atomic E-state index is 0.0381. The van der Waals surface area contributed by atoms with Crippen LogP contribution in [0.4, 0.5) is 0 Å². The SMILES string of the molecule is Cc1ccc(C(=O)C2CC2C#N)cc1. The van der Waals surface area contributed by atoms with Gasteiger partial charge in [0.25, 0.3) is 0 Å². The van der Waals surface area contributed by atoms with Crippen molar-refractivity contribution in [1.29, 1.82) is 5.26 Å². The highest BCUT2D eigenvalue weighted by Gasteiger charge is 2.43. The van der Waals surface area contributed by atoms with Gasteiger partial charge in [0.2, 0.25) is 0 Å². The molecule has 0 heterocycles. The molecule has 2 unspecified atom stereocenters. The van der Waals surface area contributed by atoms with Gasteiger partial charge in [-0.05, 0) is 13.3 Å². The predicted octanol–water partition coefficient (Wildman–Crippen LogP) is 2.34. The van der Waals surface area contributed by atoms with Crippen LogP contribution in [0.1, 0.15) is 22.3 Å². The van der Waals surface area contributed by atoms with Gasteiger partial charge in [-0.2, -0.15) is 5.26 Å². The monoisotopic (exact) mass is 185 g/mol. The Morgan fingerprint density at radius 2 is 2.07 bits per heavy atom. The normalized spacial score (nSPS) is 24.0. The van der Waals surface area contributed by atoms with Crippen LogP contribution in [0.25, 0.3) is 0 Å². The summed E-state index contributed by atoms with van der Waals surface area (Å²) in [4.78, 5) is 11.7. The Labute approximate surface area is 83.2 Å². The molecule has 0 bridgehead atoms. The number of carbonyl (C=O) groups is 1. The van der Waals surface area contributed by atoms with Crippen molar-refractivity contribution in [2.75, 3.05) is 0 Å². The van der Waals surface area contributed by atoms with E-state index in [-0.39, 0.29) is 17.6 Å². The highest BCUT2D eigenvalue weighted by Crippen LogP contribution is 2.40. The first-order valence-electron chi connectivity index (χ1n) is 4.73. The van der Waals surface area contributed by atoms with E-state index in [2.05, 4.69) is 6.07 Å². The maximum Gasteiger partial charge on any atom is 0.167 e.